The van der Waals surface area contributed by atoms with Gasteiger partial charge in [-0.3, -0.25) is 0 Å². The minimum atomic E-state index is 0.104. The van der Waals surface area contributed by atoms with Crippen LogP contribution in [0.2, 0.25) is 0 Å². The molecule has 0 saturated heterocycles. The molecule has 0 aromatic heterocycles. The van der Waals surface area contributed by atoms with Crippen molar-refractivity contribution in [3.05, 3.63) is 100 Å². The average Bonchev–Trinajstić information content (AvgIpc) is 2.77. The van der Waals surface area contributed by atoms with E-state index >= 15 is 0 Å². The molecule has 0 atom stereocenters. The SMILES string of the molecule is COCc1ccc(C=Cc2ccc(C=Cc3cc(C(C)(C)C)ccc3OC)cc2)cc1. The van der Waals surface area contributed by atoms with Gasteiger partial charge in [0.05, 0.1) is 13.7 Å². The van der Waals surface area contributed by atoms with Gasteiger partial charge in [-0.15, -0.1) is 0 Å². The summed E-state index contributed by atoms with van der Waals surface area (Å²) >= 11 is 0. The Morgan fingerprint density at radius 3 is 1.68 bits per heavy atom. The van der Waals surface area contributed by atoms with Gasteiger partial charge in [0.2, 0.25) is 0 Å². The molecule has 2 heteroatoms. The summed E-state index contributed by atoms with van der Waals surface area (Å²) in [6.07, 6.45) is 8.52. The van der Waals surface area contributed by atoms with Gasteiger partial charge in [-0.25, -0.2) is 0 Å². The van der Waals surface area contributed by atoms with Crippen molar-refractivity contribution in [2.75, 3.05) is 14.2 Å². The number of rotatable bonds is 7. The monoisotopic (exact) mass is 412 g/mol. The maximum absolute atomic E-state index is 5.55. The molecule has 0 aliphatic rings. The fraction of sp³-hybridized carbons (Fsp3) is 0.241. The van der Waals surface area contributed by atoms with E-state index in [1.807, 2.05) is 0 Å². The lowest BCUT2D eigenvalue weighted by Crippen LogP contribution is -2.11. The first-order valence-corrected chi connectivity index (χ1v) is 10.6. The fourth-order valence-corrected chi connectivity index (χ4v) is 3.32. The largest absolute Gasteiger partial charge is 0.496 e. The number of hydrogen-bond donors (Lipinski definition) is 0. The zero-order chi connectivity index (χ0) is 22.3. The Kier molecular flexibility index (Phi) is 7.49. The van der Waals surface area contributed by atoms with Gasteiger partial charge in [0.25, 0.3) is 0 Å². The second kappa shape index (κ2) is 10.3. The molecule has 0 aliphatic heterocycles. The van der Waals surface area contributed by atoms with Crippen LogP contribution >= 0.6 is 0 Å². The minimum absolute atomic E-state index is 0.104. The van der Waals surface area contributed by atoms with Crippen molar-refractivity contribution < 1.29 is 9.47 Å². The van der Waals surface area contributed by atoms with E-state index in [0.717, 1.165) is 16.9 Å². The van der Waals surface area contributed by atoms with E-state index in [1.54, 1.807) is 14.2 Å². The lowest BCUT2D eigenvalue weighted by atomic mass is 9.86. The highest BCUT2D eigenvalue weighted by Gasteiger charge is 2.15. The number of hydrogen-bond acceptors (Lipinski definition) is 2. The summed E-state index contributed by atoms with van der Waals surface area (Å²) in [5.41, 5.74) is 7.18. The van der Waals surface area contributed by atoms with Gasteiger partial charge in [-0.05, 0) is 45.4 Å². The van der Waals surface area contributed by atoms with Crippen LogP contribution in [-0.4, -0.2) is 14.2 Å². The van der Waals surface area contributed by atoms with Crippen molar-refractivity contribution in [3.63, 3.8) is 0 Å². The van der Waals surface area contributed by atoms with Crippen LogP contribution in [0.15, 0.2) is 66.7 Å². The summed E-state index contributed by atoms with van der Waals surface area (Å²) in [4.78, 5) is 0. The predicted octanol–water partition coefficient (Wildman–Crippen LogP) is 7.48. The smallest absolute Gasteiger partial charge is 0.126 e. The molecule has 31 heavy (non-hydrogen) atoms. The van der Waals surface area contributed by atoms with E-state index in [1.165, 1.54) is 22.3 Å². The van der Waals surface area contributed by atoms with Crippen molar-refractivity contribution in [3.8, 4) is 5.75 Å². The molecule has 3 aromatic carbocycles. The Morgan fingerprint density at radius 2 is 1.19 bits per heavy atom. The molecule has 0 amide bonds. The summed E-state index contributed by atoms with van der Waals surface area (Å²) in [5.74, 6) is 0.889. The van der Waals surface area contributed by atoms with Crippen LogP contribution in [-0.2, 0) is 16.8 Å². The molecule has 0 heterocycles. The number of methoxy groups -OCH3 is 2. The molecule has 0 radical (unpaired) electrons. The number of benzene rings is 3. The topological polar surface area (TPSA) is 18.5 Å². The van der Waals surface area contributed by atoms with E-state index < -0.39 is 0 Å². The van der Waals surface area contributed by atoms with Crippen LogP contribution in [0.1, 0.15) is 54.2 Å². The van der Waals surface area contributed by atoms with Gasteiger partial charge in [0.1, 0.15) is 5.75 Å². The number of ether oxygens (including phenoxy) is 2. The van der Waals surface area contributed by atoms with E-state index in [-0.39, 0.29) is 5.41 Å². The Balaban J connectivity index is 1.71. The molecule has 0 aliphatic carbocycles. The highest BCUT2D eigenvalue weighted by molar-refractivity contribution is 5.75. The van der Waals surface area contributed by atoms with Crippen LogP contribution in [0.4, 0.5) is 0 Å². The molecule has 3 aromatic rings. The maximum atomic E-state index is 5.55. The third-order valence-electron chi connectivity index (χ3n) is 5.25. The minimum Gasteiger partial charge on any atom is -0.496 e. The fourth-order valence-electron chi connectivity index (χ4n) is 3.32. The molecule has 3 rings (SSSR count). The molecule has 0 N–H and O–H groups in total. The van der Waals surface area contributed by atoms with Gasteiger partial charge in [0, 0.05) is 12.7 Å². The van der Waals surface area contributed by atoms with Crippen LogP contribution in [0.5, 0.6) is 5.75 Å². The maximum Gasteiger partial charge on any atom is 0.126 e. The Labute approximate surface area is 186 Å². The summed E-state index contributed by atoms with van der Waals surface area (Å²) in [5, 5.41) is 0. The molecule has 0 unspecified atom stereocenters. The molecular formula is C29H32O2. The van der Waals surface area contributed by atoms with Gasteiger partial charge in [-0.1, -0.05) is 99.7 Å². The second-order valence-corrected chi connectivity index (χ2v) is 8.71. The Hall–Kier alpha value is -3.10. The van der Waals surface area contributed by atoms with Gasteiger partial charge in [-0.2, -0.15) is 0 Å². The highest BCUT2D eigenvalue weighted by Crippen LogP contribution is 2.29. The first-order chi connectivity index (χ1) is 14.9. The van der Waals surface area contributed by atoms with Gasteiger partial charge in [0.15, 0.2) is 0 Å². The lowest BCUT2D eigenvalue weighted by molar-refractivity contribution is 0.185. The Bertz CT molecular complexity index is 1030. The lowest BCUT2D eigenvalue weighted by Gasteiger charge is -2.20. The van der Waals surface area contributed by atoms with Gasteiger partial charge >= 0.3 is 0 Å². The van der Waals surface area contributed by atoms with E-state index in [4.69, 9.17) is 9.47 Å². The summed E-state index contributed by atoms with van der Waals surface area (Å²) in [6, 6.07) is 23.4. The van der Waals surface area contributed by atoms with Crippen LogP contribution < -0.4 is 4.74 Å². The molecular weight excluding hydrogens is 380 g/mol. The first kappa shape index (κ1) is 22.6. The molecule has 0 fully saturated rings. The van der Waals surface area contributed by atoms with E-state index in [0.29, 0.717) is 6.61 Å². The summed E-state index contributed by atoms with van der Waals surface area (Å²) in [6.45, 7) is 7.32. The molecule has 0 saturated carbocycles. The van der Waals surface area contributed by atoms with Crippen molar-refractivity contribution >= 4 is 24.3 Å². The normalized spacial score (nSPS) is 12.0. The molecule has 0 bridgehead atoms. The standard InChI is InChI=1S/C29H32O2/c1-29(2,3)27-18-19-28(31-5)26(20-27)17-16-24-10-8-22(9-11-24)6-7-23-12-14-25(15-13-23)21-30-4/h6-20H,21H2,1-5H3. The zero-order valence-electron chi connectivity index (χ0n) is 19.2. The van der Waals surface area contributed by atoms with E-state index in [9.17, 15) is 0 Å². The zero-order valence-corrected chi connectivity index (χ0v) is 19.2. The molecule has 160 valence electrons. The van der Waals surface area contributed by atoms with E-state index in [2.05, 4.69) is 112 Å². The van der Waals surface area contributed by atoms with Crippen molar-refractivity contribution in [1.29, 1.82) is 0 Å². The quantitative estimate of drug-likeness (QED) is 0.375. The van der Waals surface area contributed by atoms with Crippen LogP contribution in [0, 0.1) is 0 Å². The predicted molar refractivity (Wildman–Crippen MR) is 133 cm³/mol. The van der Waals surface area contributed by atoms with Crippen LogP contribution in [0.3, 0.4) is 0 Å². The Morgan fingerprint density at radius 1 is 0.677 bits per heavy atom. The molecule has 0 spiro atoms. The van der Waals surface area contributed by atoms with Gasteiger partial charge < -0.3 is 9.47 Å². The van der Waals surface area contributed by atoms with Crippen molar-refractivity contribution in [2.45, 2.75) is 32.8 Å². The first-order valence-electron chi connectivity index (χ1n) is 10.6. The third-order valence-corrected chi connectivity index (χ3v) is 5.25. The molecule has 2 nitrogen and oxygen atoms in total. The summed E-state index contributed by atoms with van der Waals surface area (Å²) < 4.78 is 10.7. The van der Waals surface area contributed by atoms with Crippen molar-refractivity contribution in [2.24, 2.45) is 0 Å². The van der Waals surface area contributed by atoms with Crippen LogP contribution in [0.25, 0.3) is 24.3 Å². The summed E-state index contributed by atoms with van der Waals surface area (Å²) in [7, 11) is 3.43. The van der Waals surface area contributed by atoms with Crippen molar-refractivity contribution in [1.82, 2.24) is 0 Å². The third kappa shape index (κ3) is 6.44. The average molecular weight is 413 g/mol. The second-order valence-electron chi connectivity index (χ2n) is 8.71. The highest BCUT2D eigenvalue weighted by atomic mass is 16.5.